The van der Waals surface area contributed by atoms with Crippen LogP contribution in [0.2, 0.25) is 5.02 Å². The topological polar surface area (TPSA) is 49.0 Å². The van der Waals surface area contributed by atoms with E-state index in [1.165, 1.54) is 11.1 Å². The van der Waals surface area contributed by atoms with Gasteiger partial charge in [0.05, 0.1) is 11.7 Å². The summed E-state index contributed by atoms with van der Waals surface area (Å²) in [6.45, 7) is 4.63. The molecule has 1 aromatic heterocycles. The summed E-state index contributed by atoms with van der Waals surface area (Å²) in [6, 6.07) is 24.0. The third-order valence-corrected chi connectivity index (χ3v) is 6.10. The second-order valence-corrected chi connectivity index (χ2v) is 8.54. The minimum atomic E-state index is -0.240. The lowest BCUT2D eigenvalue weighted by Gasteiger charge is -2.26. The Morgan fingerprint density at radius 3 is 2.16 bits per heavy atom. The summed E-state index contributed by atoms with van der Waals surface area (Å²) in [6.07, 6.45) is 0. The van der Waals surface area contributed by atoms with Crippen LogP contribution < -0.4 is 0 Å². The third kappa shape index (κ3) is 3.53. The van der Waals surface area contributed by atoms with E-state index in [-0.39, 0.29) is 11.9 Å². The number of nitrogens with one attached hydrogen (secondary N) is 1. The van der Waals surface area contributed by atoms with Gasteiger partial charge in [-0.1, -0.05) is 83.4 Å². The van der Waals surface area contributed by atoms with Gasteiger partial charge in [-0.05, 0) is 37.1 Å². The number of rotatable bonds is 4. The third-order valence-electron chi connectivity index (χ3n) is 5.85. The number of aromatic amines is 1. The van der Waals surface area contributed by atoms with Crippen molar-refractivity contribution < 1.29 is 4.79 Å². The summed E-state index contributed by atoms with van der Waals surface area (Å²) >= 11 is 6.15. The molecule has 31 heavy (non-hydrogen) atoms. The summed E-state index contributed by atoms with van der Waals surface area (Å²) in [4.78, 5) is 15.4. The predicted molar refractivity (Wildman–Crippen MR) is 123 cm³/mol. The number of benzene rings is 3. The number of amides is 1. The van der Waals surface area contributed by atoms with Gasteiger partial charge in [0, 0.05) is 22.7 Å². The number of nitrogens with zero attached hydrogens (tertiary/aromatic N) is 2. The minimum Gasteiger partial charge on any atom is -0.322 e. The van der Waals surface area contributed by atoms with Crippen LogP contribution in [0.25, 0.3) is 11.3 Å². The van der Waals surface area contributed by atoms with Crippen molar-refractivity contribution in [3.63, 3.8) is 0 Å². The zero-order valence-corrected chi connectivity index (χ0v) is 18.1. The van der Waals surface area contributed by atoms with Crippen molar-refractivity contribution >= 4 is 17.5 Å². The van der Waals surface area contributed by atoms with Gasteiger partial charge in [-0.2, -0.15) is 5.10 Å². The first kappa shape index (κ1) is 19.6. The molecule has 0 saturated carbocycles. The molecule has 4 aromatic rings. The van der Waals surface area contributed by atoms with E-state index in [1.54, 1.807) is 0 Å². The summed E-state index contributed by atoms with van der Waals surface area (Å²) < 4.78 is 0. The van der Waals surface area contributed by atoms with Gasteiger partial charge >= 0.3 is 0 Å². The fourth-order valence-electron chi connectivity index (χ4n) is 4.17. The van der Waals surface area contributed by atoms with E-state index in [0.29, 0.717) is 17.3 Å². The maximum Gasteiger partial charge on any atom is 0.273 e. The highest BCUT2D eigenvalue weighted by Gasteiger charge is 2.42. The SMILES string of the molecule is Cc1ccc(CN2C(=O)c3[nH]nc(-c4ccc(C)cc4)c3C2c2ccc(Cl)cc2)cc1. The molecule has 0 bridgehead atoms. The van der Waals surface area contributed by atoms with E-state index in [4.69, 9.17) is 11.6 Å². The van der Waals surface area contributed by atoms with E-state index in [1.807, 2.05) is 29.2 Å². The molecule has 1 aliphatic rings. The Balaban J connectivity index is 1.63. The molecule has 2 heterocycles. The fourth-order valence-corrected chi connectivity index (χ4v) is 4.30. The summed E-state index contributed by atoms with van der Waals surface area (Å²) in [7, 11) is 0. The maximum atomic E-state index is 13.4. The van der Waals surface area contributed by atoms with Crippen molar-refractivity contribution in [3.05, 3.63) is 111 Å². The van der Waals surface area contributed by atoms with Crippen molar-refractivity contribution in [1.82, 2.24) is 15.1 Å². The van der Waals surface area contributed by atoms with Crippen molar-refractivity contribution in [3.8, 4) is 11.3 Å². The van der Waals surface area contributed by atoms with Gasteiger partial charge in [-0.3, -0.25) is 9.89 Å². The van der Waals surface area contributed by atoms with Crippen LogP contribution in [0.15, 0.2) is 72.8 Å². The summed E-state index contributed by atoms with van der Waals surface area (Å²) in [5.74, 6) is -0.0404. The van der Waals surface area contributed by atoms with E-state index in [9.17, 15) is 4.79 Å². The molecule has 1 amide bonds. The zero-order valence-electron chi connectivity index (χ0n) is 17.4. The molecule has 3 aromatic carbocycles. The standard InChI is InChI=1S/C26H22ClN3O/c1-16-3-7-18(8-4-16)15-30-25(20-11-13-21(27)14-12-20)22-23(28-29-24(22)26(30)31)19-9-5-17(2)6-10-19/h3-14,25H,15H2,1-2H3,(H,28,29). The quantitative estimate of drug-likeness (QED) is 0.428. The molecule has 0 spiro atoms. The molecule has 1 atom stereocenters. The number of hydrogen-bond donors (Lipinski definition) is 1. The van der Waals surface area contributed by atoms with Crippen LogP contribution in [0.5, 0.6) is 0 Å². The van der Waals surface area contributed by atoms with Crippen LogP contribution in [-0.2, 0) is 6.54 Å². The average Bonchev–Trinajstić information content (AvgIpc) is 3.31. The minimum absolute atomic E-state index is 0.0404. The lowest BCUT2D eigenvalue weighted by molar-refractivity contribution is 0.0730. The van der Waals surface area contributed by atoms with E-state index < -0.39 is 0 Å². The smallest absolute Gasteiger partial charge is 0.273 e. The highest BCUT2D eigenvalue weighted by atomic mass is 35.5. The Morgan fingerprint density at radius 2 is 1.52 bits per heavy atom. The molecule has 154 valence electrons. The monoisotopic (exact) mass is 427 g/mol. The number of carbonyl (C=O) groups is 1. The number of hydrogen-bond acceptors (Lipinski definition) is 2. The molecule has 5 heteroatoms. The average molecular weight is 428 g/mol. The molecule has 0 fully saturated rings. The Hall–Kier alpha value is -3.37. The van der Waals surface area contributed by atoms with Gasteiger partial charge in [0.2, 0.25) is 0 Å². The summed E-state index contributed by atoms with van der Waals surface area (Å²) in [5.41, 5.74) is 7.77. The number of halogens is 1. The number of aromatic nitrogens is 2. The number of aryl methyl sites for hydroxylation is 2. The van der Waals surface area contributed by atoms with Crippen LogP contribution in [0.1, 0.15) is 44.3 Å². The largest absolute Gasteiger partial charge is 0.322 e. The Morgan fingerprint density at radius 1 is 0.903 bits per heavy atom. The fraction of sp³-hybridized carbons (Fsp3) is 0.154. The van der Waals surface area contributed by atoms with Crippen LogP contribution >= 0.6 is 11.6 Å². The Bertz CT molecular complexity index is 1240. The number of H-pyrrole nitrogens is 1. The first-order valence-electron chi connectivity index (χ1n) is 10.3. The van der Waals surface area contributed by atoms with Gasteiger partial charge in [0.25, 0.3) is 5.91 Å². The molecule has 0 aliphatic carbocycles. The molecule has 0 radical (unpaired) electrons. The first-order chi connectivity index (χ1) is 15.0. The maximum absolute atomic E-state index is 13.4. The highest BCUT2D eigenvalue weighted by Crippen LogP contribution is 2.43. The molecule has 4 nitrogen and oxygen atoms in total. The van der Waals surface area contributed by atoms with Crippen molar-refractivity contribution in [2.24, 2.45) is 0 Å². The second kappa shape index (κ2) is 7.71. The lowest BCUT2D eigenvalue weighted by Crippen LogP contribution is -2.29. The van der Waals surface area contributed by atoms with Crippen molar-refractivity contribution in [2.45, 2.75) is 26.4 Å². The Labute approximate surface area is 186 Å². The second-order valence-electron chi connectivity index (χ2n) is 8.10. The van der Waals surface area contributed by atoms with Crippen LogP contribution in [-0.4, -0.2) is 21.0 Å². The number of carbonyl (C=O) groups excluding carboxylic acids is 1. The normalized spacial score (nSPS) is 15.4. The van der Waals surface area contributed by atoms with Crippen LogP contribution in [0.3, 0.4) is 0 Å². The molecular weight excluding hydrogens is 406 g/mol. The highest BCUT2D eigenvalue weighted by molar-refractivity contribution is 6.30. The van der Waals surface area contributed by atoms with Gasteiger partial charge in [0.15, 0.2) is 0 Å². The molecule has 1 N–H and O–H groups in total. The van der Waals surface area contributed by atoms with Crippen LogP contribution in [0.4, 0.5) is 0 Å². The van der Waals surface area contributed by atoms with E-state index >= 15 is 0 Å². The van der Waals surface area contributed by atoms with E-state index in [0.717, 1.165) is 27.9 Å². The predicted octanol–water partition coefficient (Wildman–Crippen LogP) is 6.09. The molecule has 1 aliphatic heterocycles. The van der Waals surface area contributed by atoms with Crippen molar-refractivity contribution in [1.29, 1.82) is 0 Å². The Kier molecular flexibility index (Phi) is 4.87. The first-order valence-corrected chi connectivity index (χ1v) is 10.7. The summed E-state index contributed by atoms with van der Waals surface area (Å²) in [5, 5.41) is 8.22. The zero-order chi connectivity index (χ0) is 21.5. The van der Waals surface area contributed by atoms with Crippen molar-refractivity contribution in [2.75, 3.05) is 0 Å². The molecule has 0 saturated heterocycles. The van der Waals surface area contributed by atoms with Gasteiger partial charge in [0.1, 0.15) is 5.69 Å². The van der Waals surface area contributed by atoms with Gasteiger partial charge in [-0.15, -0.1) is 0 Å². The molecule has 5 rings (SSSR count). The van der Waals surface area contributed by atoms with Gasteiger partial charge in [-0.25, -0.2) is 0 Å². The molecular formula is C26H22ClN3O. The molecule has 1 unspecified atom stereocenters. The lowest BCUT2D eigenvalue weighted by atomic mass is 9.95. The van der Waals surface area contributed by atoms with Crippen LogP contribution in [0, 0.1) is 13.8 Å². The van der Waals surface area contributed by atoms with E-state index in [2.05, 4.69) is 72.6 Å². The number of fused-ring (bicyclic) bond motifs is 1. The van der Waals surface area contributed by atoms with Gasteiger partial charge < -0.3 is 4.90 Å².